The molecule has 1 aromatic heterocycles. The van der Waals surface area contributed by atoms with Crippen LogP contribution in [0.2, 0.25) is 0 Å². The van der Waals surface area contributed by atoms with Gasteiger partial charge in [-0.1, -0.05) is 13.8 Å². The molecule has 0 spiro atoms. The highest BCUT2D eigenvalue weighted by atomic mass is 16.2. The topological polar surface area (TPSA) is 68.0 Å². The van der Waals surface area contributed by atoms with Crippen molar-refractivity contribution in [2.45, 2.75) is 39.8 Å². The number of carbonyl (C=O) groups excluding carboxylic acids is 1. The number of nitrogens with zero attached hydrogens (tertiary/aromatic N) is 1. The number of hydrogen-bond donors (Lipinski definition) is 2. The molecule has 17 heavy (non-hydrogen) atoms. The molecule has 0 unspecified atom stereocenters. The predicted molar refractivity (Wildman–Crippen MR) is 68.3 cm³/mol. The minimum Gasteiger partial charge on any atom is -0.351 e. The highest BCUT2D eigenvalue weighted by Gasteiger charge is 2.14. The summed E-state index contributed by atoms with van der Waals surface area (Å²) in [4.78, 5) is 15.7. The Morgan fingerprint density at radius 1 is 1.53 bits per heavy atom. The average Bonchev–Trinajstić information content (AvgIpc) is 2.26. The van der Waals surface area contributed by atoms with Crippen molar-refractivity contribution in [3.8, 4) is 0 Å². The molecule has 4 nitrogen and oxygen atoms in total. The summed E-state index contributed by atoms with van der Waals surface area (Å²) < 4.78 is 0. The molecule has 1 heterocycles. The summed E-state index contributed by atoms with van der Waals surface area (Å²) in [6, 6.07) is 1.49. The van der Waals surface area contributed by atoms with Crippen LogP contribution >= 0.6 is 0 Å². The van der Waals surface area contributed by atoms with E-state index in [1.165, 1.54) is 0 Å². The molecule has 4 heteroatoms. The van der Waals surface area contributed by atoms with Crippen LogP contribution < -0.4 is 11.1 Å². The van der Waals surface area contributed by atoms with Crippen molar-refractivity contribution in [3.05, 3.63) is 29.6 Å². The number of pyridine rings is 1. The lowest BCUT2D eigenvalue weighted by Gasteiger charge is -2.14. The summed E-state index contributed by atoms with van der Waals surface area (Å²) in [7, 11) is 0. The summed E-state index contributed by atoms with van der Waals surface area (Å²) in [5.74, 6) is 0.341. The molecule has 0 saturated heterocycles. The third-order valence-corrected chi connectivity index (χ3v) is 2.65. The zero-order chi connectivity index (χ0) is 12.8. The summed E-state index contributed by atoms with van der Waals surface area (Å²) in [6.07, 6.45) is 4.22. The Labute approximate surface area is 103 Å². The summed E-state index contributed by atoms with van der Waals surface area (Å²) in [6.45, 7) is 6.60. The Hall–Kier alpha value is -1.42. The maximum Gasteiger partial charge on any atom is 0.237 e. The maximum absolute atomic E-state index is 11.7. The molecule has 94 valence electrons. The minimum absolute atomic E-state index is 0.0880. The zero-order valence-electron chi connectivity index (χ0n) is 10.7. The van der Waals surface area contributed by atoms with Crippen molar-refractivity contribution >= 4 is 5.91 Å². The van der Waals surface area contributed by atoms with Gasteiger partial charge in [0, 0.05) is 18.9 Å². The highest BCUT2D eigenvalue weighted by Crippen LogP contribution is 2.06. The van der Waals surface area contributed by atoms with E-state index in [0.717, 1.165) is 11.1 Å². The van der Waals surface area contributed by atoms with Crippen molar-refractivity contribution < 1.29 is 4.79 Å². The van der Waals surface area contributed by atoms with E-state index in [1.807, 2.05) is 13.0 Å². The molecule has 0 aliphatic heterocycles. The lowest BCUT2D eigenvalue weighted by molar-refractivity contribution is -0.122. The van der Waals surface area contributed by atoms with Crippen LogP contribution in [0.4, 0.5) is 0 Å². The molecule has 1 amide bonds. The number of amides is 1. The van der Waals surface area contributed by atoms with Gasteiger partial charge in [-0.25, -0.2) is 0 Å². The third-order valence-electron chi connectivity index (χ3n) is 2.65. The lowest BCUT2D eigenvalue weighted by Crippen LogP contribution is -2.41. The molecule has 3 N–H and O–H groups in total. The summed E-state index contributed by atoms with van der Waals surface area (Å²) >= 11 is 0. The predicted octanol–water partition coefficient (Wildman–Crippen LogP) is 1.38. The Morgan fingerprint density at radius 2 is 2.24 bits per heavy atom. The Bertz CT molecular complexity index is 377. The third kappa shape index (κ3) is 4.53. The molecule has 0 saturated carbocycles. The number of nitrogens with two attached hydrogens (primary N) is 1. The second-order valence-electron chi connectivity index (χ2n) is 4.76. The molecule has 1 aromatic rings. The first-order valence-corrected chi connectivity index (χ1v) is 5.93. The minimum atomic E-state index is -0.419. The van der Waals surface area contributed by atoms with Crippen LogP contribution in [0.1, 0.15) is 31.4 Å². The number of hydrogen-bond acceptors (Lipinski definition) is 3. The van der Waals surface area contributed by atoms with Crippen LogP contribution in [0.5, 0.6) is 0 Å². The van der Waals surface area contributed by atoms with E-state index in [2.05, 4.69) is 24.1 Å². The SMILES string of the molecule is Cc1cnccc1CNC(=O)[C@H](N)CC(C)C. The quantitative estimate of drug-likeness (QED) is 0.810. The largest absolute Gasteiger partial charge is 0.351 e. The van der Waals surface area contributed by atoms with Gasteiger partial charge < -0.3 is 11.1 Å². The molecule has 0 radical (unpaired) electrons. The standard InChI is InChI=1S/C13H21N3O/c1-9(2)6-12(14)13(17)16-8-11-4-5-15-7-10(11)3/h4-5,7,9,12H,6,8,14H2,1-3H3,(H,16,17)/t12-/m1/s1. The van der Waals surface area contributed by atoms with Crippen molar-refractivity contribution in [3.63, 3.8) is 0 Å². The van der Waals surface area contributed by atoms with Gasteiger partial charge >= 0.3 is 0 Å². The van der Waals surface area contributed by atoms with E-state index in [4.69, 9.17) is 5.73 Å². The normalized spacial score (nSPS) is 12.5. The zero-order valence-corrected chi connectivity index (χ0v) is 10.7. The fourth-order valence-corrected chi connectivity index (χ4v) is 1.63. The van der Waals surface area contributed by atoms with E-state index in [1.54, 1.807) is 12.4 Å². The monoisotopic (exact) mass is 235 g/mol. The molecular formula is C13H21N3O. The first kappa shape index (κ1) is 13.6. The van der Waals surface area contributed by atoms with E-state index in [-0.39, 0.29) is 5.91 Å². The molecule has 1 atom stereocenters. The van der Waals surface area contributed by atoms with Crippen molar-refractivity contribution in [2.75, 3.05) is 0 Å². The van der Waals surface area contributed by atoms with Crippen LogP contribution in [-0.2, 0) is 11.3 Å². The van der Waals surface area contributed by atoms with Crippen LogP contribution in [0.15, 0.2) is 18.5 Å². The van der Waals surface area contributed by atoms with Crippen molar-refractivity contribution in [1.82, 2.24) is 10.3 Å². The number of carbonyl (C=O) groups is 1. The van der Waals surface area contributed by atoms with Crippen LogP contribution in [0.25, 0.3) is 0 Å². The van der Waals surface area contributed by atoms with Gasteiger partial charge in [0.05, 0.1) is 6.04 Å². The van der Waals surface area contributed by atoms with Gasteiger partial charge in [-0.05, 0) is 36.5 Å². The van der Waals surface area contributed by atoms with Gasteiger partial charge in [-0.15, -0.1) is 0 Å². The Balaban J connectivity index is 2.46. The second-order valence-corrected chi connectivity index (χ2v) is 4.76. The van der Waals surface area contributed by atoms with Crippen LogP contribution in [-0.4, -0.2) is 16.9 Å². The molecule has 0 bridgehead atoms. The summed E-state index contributed by atoms with van der Waals surface area (Å²) in [5, 5.41) is 2.85. The van der Waals surface area contributed by atoms with E-state index in [0.29, 0.717) is 18.9 Å². The Morgan fingerprint density at radius 3 is 2.82 bits per heavy atom. The van der Waals surface area contributed by atoms with Crippen LogP contribution in [0, 0.1) is 12.8 Å². The van der Waals surface area contributed by atoms with Gasteiger partial charge in [0.15, 0.2) is 0 Å². The van der Waals surface area contributed by atoms with Gasteiger partial charge in [0.1, 0.15) is 0 Å². The highest BCUT2D eigenvalue weighted by molar-refractivity contribution is 5.81. The fourth-order valence-electron chi connectivity index (χ4n) is 1.63. The number of rotatable bonds is 5. The molecule has 0 aliphatic carbocycles. The molecule has 1 rings (SSSR count). The first-order valence-electron chi connectivity index (χ1n) is 5.93. The number of nitrogens with one attached hydrogen (secondary N) is 1. The molecule has 0 aliphatic rings. The van der Waals surface area contributed by atoms with Gasteiger partial charge in [-0.2, -0.15) is 0 Å². The lowest BCUT2D eigenvalue weighted by atomic mass is 10.0. The van der Waals surface area contributed by atoms with E-state index >= 15 is 0 Å². The maximum atomic E-state index is 11.7. The number of aryl methyl sites for hydroxylation is 1. The van der Waals surface area contributed by atoms with Gasteiger partial charge in [-0.3, -0.25) is 9.78 Å². The second kappa shape index (κ2) is 6.35. The van der Waals surface area contributed by atoms with Crippen molar-refractivity contribution in [1.29, 1.82) is 0 Å². The van der Waals surface area contributed by atoms with Gasteiger partial charge in [0.2, 0.25) is 5.91 Å². The molecular weight excluding hydrogens is 214 g/mol. The average molecular weight is 235 g/mol. The summed E-state index contributed by atoms with van der Waals surface area (Å²) in [5.41, 5.74) is 7.94. The fraction of sp³-hybridized carbons (Fsp3) is 0.538. The smallest absolute Gasteiger partial charge is 0.237 e. The van der Waals surface area contributed by atoms with E-state index in [9.17, 15) is 4.79 Å². The first-order chi connectivity index (χ1) is 8.00. The van der Waals surface area contributed by atoms with E-state index < -0.39 is 6.04 Å². The Kier molecular flexibility index (Phi) is 5.10. The number of aromatic nitrogens is 1. The van der Waals surface area contributed by atoms with Crippen LogP contribution in [0.3, 0.4) is 0 Å². The molecule has 0 fully saturated rings. The molecule has 0 aromatic carbocycles. The van der Waals surface area contributed by atoms with Crippen molar-refractivity contribution in [2.24, 2.45) is 11.7 Å². The van der Waals surface area contributed by atoms with Gasteiger partial charge in [0.25, 0.3) is 0 Å².